The van der Waals surface area contributed by atoms with E-state index in [1.54, 1.807) is 32.0 Å². The van der Waals surface area contributed by atoms with Crippen LogP contribution in [-0.4, -0.2) is 63.7 Å². The van der Waals surface area contributed by atoms with Crippen LogP contribution in [0.15, 0.2) is 47.4 Å². The Morgan fingerprint density at radius 2 is 1.97 bits per heavy atom. The van der Waals surface area contributed by atoms with Crippen molar-refractivity contribution >= 4 is 30.2 Å². The number of alkyl halides is 3. The van der Waals surface area contributed by atoms with Crippen molar-refractivity contribution in [1.29, 1.82) is 0 Å². The van der Waals surface area contributed by atoms with E-state index in [9.17, 15) is 23.5 Å². The second-order valence-electron chi connectivity index (χ2n) is 8.71. The number of nitrogens with zero attached hydrogens (tertiary/aromatic N) is 2. The number of hydrogen-bond acceptors (Lipinski definition) is 10. The van der Waals surface area contributed by atoms with Crippen molar-refractivity contribution in [1.82, 2.24) is 14.6 Å². The van der Waals surface area contributed by atoms with Gasteiger partial charge in [0, 0.05) is 6.20 Å². The van der Waals surface area contributed by atoms with E-state index in [0.29, 0.717) is 4.57 Å². The number of nitrogens with two attached hydrogens (primary N) is 1. The molecule has 1 aliphatic rings. The van der Waals surface area contributed by atoms with E-state index in [1.165, 1.54) is 19.1 Å². The van der Waals surface area contributed by atoms with E-state index in [2.05, 4.69) is 10.1 Å². The molecule has 0 radical (unpaired) electrons. The predicted molar refractivity (Wildman–Crippen MR) is 134 cm³/mol. The quantitative estimate of drug-likeness (QED) is 0.266. The summed E-state index contributed by atoms with van der Waals surface area (Å²) in [5.74, 6) is -0.710. The van der Waals surface area contributed by atoms with Crippen LogP contribution in [0.5, 0.6) is 5.75 Å². The number of nitrogens with one attached hydrogen (secondary N) is 1. The number of aliphatic hydroxyl groups is 1. The topological polar surface area (TPSA) is 147 Å². The van der Waals surface area contributed by atoms with Crippen LogP contribution in [-0.2, 0) is 30.6 Å². The van der Waals surface area contributed by atoms with Crippen molar-refractivity contribution in [2.45, 2.75) is 63.4 Å². The van der Waals surface area contributed by atoms with Gasteiger partial charge in [-0.2, -0.15) is 4.98 Å². The van der Waals surface area contributed by atoms with Gasteiger partial charge in [-0.25, -0.2) is 23.1 Å². The van der Waals surface area contributed by atoms with Crippen LogP contribution in [0.4, 0.5) is 19.0 Å². The number of benzene rings is 1. The number of aliphatic hydroxyl groups excluding tert-OH is 1. The summed E-state index contributed by atoms with van der Waals surface area (Å²) in [6.07, 6.45) is -9.76. The summed E-state index contributed by atoms with van der Waals surface area (Å²) >= 11 is 5.47. The van der Waals surface area contributed by atoms with E-state index in [4.69, 9.17) is 36.1 Å². The highest BCUT2D eigenvalue weighted by Crippen LogP contribution is 2.50. The summed E-state index contributed by atoms with van der Waals surface area (Å²) in [5, 5.41) is 13.1. The average molecular weight is 581 g/mol. The fourth-order valence-corrected chi connectivity index (χ4v) is 5.92. The third-order valence-corrected chi connectivity index (χ3v) is 7.86. The SMILES string of the molecule is CC(C)OC(=O)[C@H](C)NP(=S)(OC[C@@]1(C(F)F)O[C@@H](n2ccc(N)nc2=O)[C@H](O)[C@H]1F)Oc1ccccc1. The van der Waals surface area contributed by atoms with Gasteiger partial charge >= 0.3 is 18.3 Å². The van der Waals surface area contributed by atoms with Crippen LogP contribution >= 0.6 is 6.64 Å². The molecular weight excluding hydrogens is 552 g/mol. The molecule has 6 atom stereocenters. The maximum atomic E-state index is 15.3. The second kappa shape index (κ2) is 12.1. The molecule has 2 aromatic rings. The molecule has 0 spiro atoms. The number of rotatable bonds is 11. The van der Waals surface area contributed by atoms with Crippen molar-refractivity contribution in [2.24, 2.45) is 0 Å². The first-order chi connectivity index (χ1) is 17.8. The monoisotopic (exact) mass is 580 g/mol. The summed E-state index contributed by atoms with van der Waals surface area (Å²) in [5.41, 5.74) is 1.32. The Kier molecular flexibility index (Phi) is 9.55. The molecule has 11 nitrogen and oxygen atoms in total. The lowest BCUT2D eigenvalue weighted by atomic mass is 9.98. The number of para-hydroxylation sites is 1. The lowest BCUT2D eigenvalue weighted by Crippen LogP contribution is -2.51. The maximum Gasteiger partial charge on any atom is 0.351 e. The van der Waals surface area contributed by atoms with Gasteiger partial charge in [0.2, 0.25) is 0 Å². The number of nitrogen functional groups attached to an aromatic ring is 1. The minimum absolute atomic E-state index is 0.172. The molecule has 1 aromatic carbocycles. The highest BCUT2D eigenvalue weighted by atomic mass is 32.5. The molecular formula is C22H28F3N4O7PS. The van der Waals surface area contributed by atoms with Crippen LogP contribution in [0.2, 0.25) is 0 Å². The molecule has 0 amide bonds. The van der Waals surface area contributed by atoms with Gasteiger partial charge in [-0.3, -0.25) is 9.36 Å². The number of aromatic nitrogens is 2. The smallest absolute Gasteiger partial charge is 0.351 e. The van der Waals surface area contributed by atoms with E-state index >= 15 is 4.39 Å². The summed E-state index contributed by atoms with van der Waals surface area (Å²) in [6, 6.07) is 7.99. The molecule has 38 heavy (non-hydrogen) atoms. The van der Waals surface area contributed by atoms with Crippen molar-refractivity contribution < 1.29 is 41.6 Å². The molecule has 4 N–H and O–H groups in total. The number of anilines is 1. The molecule has 210 valence electrons. The Morgan fingerprint density at radius 1 is 1.32 bits per heavy atom. The Labute approximate surface area is 221 Å². The first-order valence-electron chi connectivity index (χ1n) is 11.4. The second-order valence-corrected chi connectivity index (χ2v) is 11.8. The third-order valence-electron chi connectivity index (χ3n) is 5.38. The third kappa shape index (κ3) is 6.71. The molecule has 0 saturated carbocycles. The zero-order valence-corrected chi connectivity index (χ0v) is 22.3. The Hall–Kier alpha value is -2.55. The summed E-state index contributed by atoms with van der Waals surface area (Å²) in [6.45, 7) is -0.406. The zero-order chi connectivity index (χ0) is 28.3. The van der Waals surface area contributed by atoms with Crippen LogP contribution < -0.4 is 21.0 Å². The van der Waals surface area contributed by atoms with Crippen molar-refractivity contribution in [3.63, 3.8) is 0 Å². The normalized spacial score (nSPS) is 25.8. The minimum Gasteiger partial charge on any atom is -0.462 e. The standard InChI is InChI=1S/C22H28F3N4O7PS/c1-12(2)34-19(31)13(3)28-37(38,36-14-7-5-4-6-8-14)33-11-22(20(24)25)17(23)16(30)18(35-22)29-10-9-15(26)27-21(29)32/h4-10,12-13,16-18,20,30H,11H2,1-3H3,(H,28,38)(H2,26,27,32)/t13-,16+,17+,18+,22+,37?/m0/s1. The minimum atomic E-state index is -3.86. The largest absolute Gasteiger partial charge is 0.462 e. The molecule has 1 aliphatic heterocycles. The summed E-state index contributed by atoms with van der Waals surface area (Å²) in [4.78, 5) is 28.0. The van der Waals surface area contributed by atoms with Crippen molar-refractivity contribution in [3.05, 3.63) is 53.1 Å². The van der Waals surface area contributed by atoms with Crippen molar-refractivity contribution in [2.75, 3.05) is 12.3 Å². The van der Waals surface area contributed by atoms with Gasteiger partial charge in [-0.05, 0) is 50.8 Å². The molecule has 1 aromatic heterocycles. The zero-order valence-electron chi connectivity index (χ0n) is 20.6. The number of ether oxygens (including phenoxy) is 2. The van der Waals surface area contributed by atoms with E-state index in [1.807, 2.05) is 0 Å². The fraction of sp³-hybridized carbons (Fsp3) is 0.500. The Bertz CT molecular complexity index is 1220. The summed E-state index contributed by atoms with van der Waals surface area (Å²) < 4.78 is 66.4. The van der Waals surface area contributed by atoms with E-state index < -0.39 is 67.6 Å². The van der Waals surface area contributed by atoms with Gasteiger partial charge in [0.15, 0.2) is 18.0 Å². The van der Waals surface area contributed by atoms with E-state index in [0.717, 1.165) is 12.3 Å². The van der Waals surface area contributed by atoms with Crippen LogP contribution in [0.3, 0.4) is 0 Å². The molecule has 0 bridgehead atoms. The first kappa shape index (κ1) is 30.0. The van der Waals surface area contributed by atoms with Gasteiger partial charge < -0.3 is 29.4 Å². The number of esters is 1. The van der Waals surface area contributed by atoms with Gasteiger partial charge in [-0.1, -0.05) is 18.2 Å². The Morgan fingerprint density at radius 3 is 2.55 bits per heavy atom. The first-order valence-corrected chi connectivity index (χ1v) is 14.0. The Balaban J connectivity index is 1.90. The number of carbonyl (C=O) groups excluding carboxylic acids is 1. The number of carbonyl (C=O) groups is 1. The number of hydrogen-bond donors (Lipinski definition) is 3. The van der Waals surface area contributed by atoms with Crippen LogP contribution in [0, 0.1) is 0 Å². The van der Waals surface area contributed by atoms with Gasteiger partial charge in [0.25, 0.3) is 6.43 Å². The molecule has 1 unspecified atom stereocenters. The average Bonchev–Trinajstić information content (AvgIpc) is 3.09. The van der Waals surface area contributed by atoms with Gasteiger partial charge in [0.05, 0.1) is 12.7 Å². The van der Waals surface area contributed by atoms with E-state index in [-0.39, 0.29) is 11.6 Å². The molecule has 16 heteroatoms. The lowest BCUT2D eigenvalue weighted by molar-refractivity contribution is -0.182. The van der Waals surface area contributed by atoms with Gasteiger partial charge in [-0.15, -0.1) is 0 Å². The lowest BCUT2D eigenvalue weighted by Gasteiger charge is -2.33. The highest BCUT2D eigenvalue weighted by Gasteiger charge is 2.62. The van der Waals surface area contributed by atoms with Crippen LogP contribution in [0.25, 0.3) is 0 Å². The van der Waals surface area contributed by atoms with Gasteiger partial charge in [0.1, 0.15) is 23.7 Å². The maximum absolute atomic E-state index is 15.3. The fourth-order valence-electron chi connectivity index (χ4n) is 3.50. The molecule has 2 heterocycles. The van der Waals surface area contributed by atoms with Crippen molar-refractivity contribution in [3.8, 4) is 5.75 Å². The van der Waals surface area contributed by atoms with Crippen LogP contribution in [0.1, 0.15) is 27.0 Å². The predicted octanol–water partition coefficient (Wildman–Crippen LogP) is 2.31. The highest BCUT2D eigenvalue weighted by molar-refractivity contribution is 8.09. The summed E-state index contributed by atoms with van der Waals surface area (Å²) in [7, 11) is 0. The molecule has 0 aliphatic carbocycles. The number of halogens is 3. The molecule has 1 fully saturated rings. The molecule has 3 rings (SSSR count). The molecule has 1 saturated heterocycles.